The van der Waals surface area contributed by atoms with Crippen LogP contribution in [-0.4, -0.2) is 17.0 Å². The predicted octanol–water partition coefficient (Wildman–Crippen LogP) is 1.67. The van der Waals surface area contributed by atoms with Gasteiger partial charge in [0.1, 0.15) is 11.0 Å². The lowest BCUT2D eigenvalue weighted by Crippen LogP contribution is -2.29. The fourth-order valence-corrected chi connectivity index (χ4v) is 1.90. The van der Waals surface area contributed by atoms with Crippen LogP contribution in [0.1, 0.15) is 0 Å². The van der Waals surface area contributed by atoms with Crippen molar-refractivity contribution in [2.45, 2.75) is 0 Å². The van der Waals surface area contributed by atoms with Crippen LogP contribution in [0.4, 0.5) is 0 Å². The Balaban J connectivity index is 2.18. The summed E-state index contributed by atoms with van der Waals surface area (Å²) in [7, 11) is 1.61. The highest BCUT2D eigenvalue weighted by molar-refractivity contribution is 5.73. The normalized spacial score (nSPS) is 10.7. The van der Waals surface area contributed by atoms with E-state index in [-0.39, 0.29) is 0 Å². The molecule has 5 heteroatoms. The van der Waals surface area contributed by atoms with E-state index >= 15 is 0 Å². The fourth-order valence-electron chi connectivity index (χ4n) is 1.90. The monoisotopic (exact) mass is 241 g/mol. The summed E-state index contributed by atoms with van der Waals surface area (Å²) in [6.07, 6.45) is 0. The van der Waals surface area contributed by atoms with E-state index < -0.39 is 0 Å². The Hall–Kier alpha value is -2.56. The number of methoxy groups -OCH3 is 1. The number of para-hydroxylation sites is 2. The molecule has 0 aliphatic rings. The lowest BCUT2D eigenvalue weighted by molar-refractivity contribution is -0.645. The van der Waals surface area contributed by atoms with Crippen molar-refractivity contribution in [3.63, 3.8) is 0 Å². The number of aromatic nitrogens is 3. The number of nitrogens with zero attached hydrogens (tertiary/aromatic N) is 3. The fraction of sp³-hybridized carbons (Fsp3) is 0.0769. The third kappa shape index (κ3) is 1.57. The third-order valence-electron chi connectivity index (χ3n) is 2.80. The van der Waals surface area contributed by atoms with Crippen molar-refractivity contribution >= 4 is 11.0 Å². The number of ether oxygens (including phenoxy) is 1. The summed E-state index contributed by atoms with van der Waals surface area (Å²) in [6.45, 7) is 0. The SMILES string of the molecule is COc1ccc(-n2n[n+]([O-])c3ccccc32)cc1. The summed E-state index contributed by atoms with van der Waals surface area (Å²) in [6, 6.07) is 14.7. The minimum absolute atomic E-state index is 0.549. The average molecular weight is 241 g/mol. The highest BCUT2D eigenvalue weighted by Gasteiger charge is 2.15. The molecule has 2 aromatic carbocycles. The van der Waals surface area contributed by atoms with Gasteiger partial charge in [0, 0.05) is 0 Å². The Morgan fingerprint density at radius 2 is 1.83 bits per heavy atom. The van der Waals surface area contributed by atoms with Crippen molar-refractivity contribution in [2.24, 2.45) is 0 Å². The smallest absolute Gasteiger partial charge is 0.205 e. The molecule has 0 saturated carbocycles. The number of fused-ring (bicyclic) bond motifs is 1. The second kappa shape index (κ2) is 4.03. The summed E-state index contributed by atoms with van der Waals surface area (Å²) in [4.78, 5) is 0.625. The Kier molecular flexibility index (Phi) is 2.37. The van der Waals surface area contributed by atoms with Gasteiger partial charge in [-0.05, 0) is 36.4 Å². The molecular weight excluding hydrogens is 230 g/mol. The van der Waals surface area contributed by atoms with Gasteiger partial charge in [-0.1, -0.05) is 16.8 Å². The van der Waals surface area contributed by atoms with Crippen LogP contribution < -0.4 is 9.58 Å². The zero-order valence-corrected chi connectivity index (χ0v) is 9.78. The molecule has 3 aromatic rings. The molecule has 3 rings (SSSR count). The van der Waals surface area contributed by atoms with Crippen LogP contribution >= 0.6 is 0 Å². The molecule has 0 atom stereocenters. The van der Waals surface area contributed by atoms with E-state index in [0.717, 1.165) is 17.0 Å². The van der Waals surface area contributed by atoms with Gasteiger partial charge in [-0.2, -0.15) is 0 Å². The standard InChI is InChI=1S/C13H11N3O2/c1-18-11-8-6-10(7-9-11)15-12-4-2-3-5-13(12)16(17)14-15/h2-9H,1H3. The molecule has 0 radical (unpaired) electrons. The van der Waals surface area contributed by atoms with Gasteiger partial charge in [0.25, 0.3) is 0 Å². The molecular formula is C13H11N3O2. The van der Waals surface area contributed by atoms with Crippen molar-refractivity contribution in [1.29, 1.82) is 0 Å². The summed E-state index contributed by atoms with van der Waals surface area (Å²) < 4.78 is 6.71. The Labute approximate surface area is 103 Å². The van der Waals surface area contributed by atoms with Gasteiger partial charge in [0.05, 0.1) is 7.11 Å². The maximum Gasteiger partial charge on any atom is 0.205 e. The minimum Gasteiger partial charge on any atom is -0.691 e. The molecule has 18 heavy (non-hydrogen) atoms. The van der Waals surface area contributed by atoms with Crippen molar-refractivity contribution in [2.75, 3.05) is 7.11 Å². The van der Waals surface area contributed by atoms with E-state index in [1.807, 2.05) is 42.5 Å². The molecule has 0 bridgehead atoms. The molecule has 0 unspecified atom stereocenters. The van der Waals surface area contributed by atoms with Crippen LogP contribution in [0.5, 0.6) is 5.75 Å². The van der Waals surface area contributed by atoms with Crippen LogP contribution in [0.15, 0.2) is 48.5 Å². The van der Waals surface area contributed by atoms with Crippen LogP contribution in [0.2, 0.25) is 0 Å². The lowest BCUT2D eigenvalue weighted by atomic mass is 10.2. The maximum absolute atomic E-state index is 11.7. The topological polar surface area (TPSA) is 54.0 Å². The van der Waals surface area contributed by atoms with E-state index in [9.17, 15) is 5.21 Å². The molecule has 90 valence electrons. The van der Waals surface area contributed by atoms with Gasteiger partial charge >= 0.3 is 0 Å². The summed E-state index contributed by atoms with van der Waals surface area (Å²) >= 11 is 0. The van der Waals surface area contributed by atoms with Crippen molar-refractivity contribution < 1.29 is 9.58 Å². The predicted molar refractivity (Wildman–Crippen MR) is 66.6 cm³/mol. The van der Waals surface area contributed by atoms with Crippen molar-refractivity contribution in [1.82, 2.24) is 9.90 Å². The number of hydrogen-bond donors (Lipinski definition) is 0. The second-order valence-corrected chi connectivity index (χ2v) is 3.86. The summed E-state index contributed by atoms with van der Waals surface area (Å²) in [5.41, 5.74) is 2.15. The van der Waals surface area contributed by atoms with E-state index in [4.69, 9.17) is 4.74 Å². The van der Waals surface area contributed by atoms with E-state index in [2.05, 4.69) is 5.21 Å². The molecule has 0 spiro atoms. The zero-order valence-electron chi connectivity index (χ0n) is 9.78. The number of rotatable bonds is 2. The highest BCUT2D eigenvalue weighted by atomic mass is 16.5. The average Bonchev–Trinajstić information content (AvgIpc) is 2.77. The van der Waals surface area contributed by atoms with Crippen molar-refractivity contribution in [3.05, 3.63) is 53.7 Å². The largest absolute Gasteiger partial charge is 0.691 e. The molecule has 0 aliphatic carbocycles. The van der Waals surface area contributed by atoms with E-state index in [1.54, 1.807) is 17.9 Å². The summed E-state index contributed by atoms with van der Waals surface area (Å²) in [5.74, 6) is 0.769. The molecule has 0 fully saturated rings. The van der Waals surface area contributed by atoms with E-state index in [1.165, 1.54) is 0 Å². The van der Waals surface area contributed by atoms with Gasteiger partial charge in [0.2, 0.25) is 11.0 Å². The first-order valence-electron chi connectivity index (χ1n) is 5.51. The molecule has 1 aromatic heterocycles. The van der Waals surface area contributed by atoms with Crippen LogP contribution in [0, 0.1) is 5.21 Å². The first-order valence-corrected chi connectivity index (χ1v) is 5.51. The molecule has 1 heterocycles. The summed E-state index contributed by atoms with van der Waals surface area (Å²) in [5, 5.41) is 15.6. The van der Waals surface area contributed by atoms with Gasteiger partial charge in [-0.3, -0.25) is 0 Å². The van der Waals surface area contributed by atoms with Gasteiger partial charge < -0.3 is 9.94 Å². The lowest BCUT2D eigenvalue weighted by Gasteiger charge is -1.99. The van der Waals surface area contributed by atoms with Crippen LogP contribution in [0.25, 0.3) is 16.7 Å². The van der Waals surface area contributed by atoms with E-state index in [0.29, 0.717) is 10.4 Å². The number of hydrogen-bond acceptors (Lipinski definition) is 3. The highest BCUT2D eigenvalue weighted by Crippen LogP contribution is 2.17. The maximum atomic E-state index is 11.7. The molecule has 0 aliphatic heterocycles. The molecule has 0 amide bonds. The van der Waals surface area contributed by atoms with Crippen molar-refractivity contribution in [3.8, 4) is 11.4 Å². The third-order valence-corrected chi connectivity index (χ3v) is 2.80. The number of benzene rings is 2. The van der Waals surface area contributed by atoms with Crippen LogP contribution in [-0.2, 0) is 0 Å². The first kappa shape index (κ1) is 10.6. The Morgan fingerprint density at radius 3 is 2.56 bits per heavy atom. The van der Waals surface area contributed by atoms with Crippen LogP contribution in [0.3, 0.4) is 0 Å². The molecule has 0 N–H and O–H groups in total. The zero-order chi connectivity index (χ0) is 12.5. The first-order chi connectivity index (χ1) is 8.79. The Morgan fingerprint density at radius 1 is 1.11 bits per heavy atom. The van der Waals surface area contributed by atoms with Gasteiger partial charge in [-0.25, -0.2) is 0 Å². The molecule has 5 nitrogen and oxygen atoms in total. The quantitative estimate of drug-likeness (QED) is 0.506. The molecule has 0 saturated heterocycles. The Bertz CT molecular complexity index is 689. The van der Waals surface area contributed by atoms with Gasteiger partial charge in [0.15, 0.2) is 5.69 Å². The minimum atomic E-state index is 0.549. The second-order valence-electron chi connectivity index (χ2n) is 3.86. The van der Waals surface area contributed by atoms with Gasteiger partial charge in [-0.15, -0.1) is 4.85 Å².